The van der Waals surface area contributed by atoms with E-state index in [4.69, 9.17) is 14.2 Å². The van der Waals surface area contributed by atoms with E-state index < -0.39 is 0 Å². The van der Waals surface area contributed by atoms with Gasteiger partial charge < -0.3 is 19.5 Å². The molecule has 5 nitrogen and oxygen atoms in total. The molecule has 1 amide bonds. The molecular weight excluding hydrogens is 294 g/mol. The summed E-state index contributed by atoms with van der Waals surface area (Å²) in [5.74, 6) is 1.96. The molecule has 0 aliphatic rings. The highest BCUT2D eigenvalue weighted by atomic mass is 16.5. The summed E-state index contributed by atoms with van der Waals surface area (Å²) in [4.78, 5) is 12.2. The topological polar surface area (TPSA) is 56.8 Å². The molecule has 2 aromatic carbocycles. The Hall–Kier alpha value is -2.69. The Balaban J connectivity index is 1.99. The zero-order chi connectivity index (χ0) is 16.7. The number of aryl methyl sites for hydroxylation is 1. The highest BCUT2D eigenvalue weighted by Crippen LogP contribution is 2.29. The van der Waals surface area contributed by atoms with Crippen molar-refractivity contribution >= 4 is 11.6 Å². The zero-order valence-corrected chi connectivity index (χ0v) is 13.6. The first kappa shape index (κ1) is 16.7. The summed E-state index contributed by atoms with van der Waals surface area (Å²) in [5.41, 5.74) is 1.65. The molecule has 0 spiro atoms. The maximum Gasteiger partial charge on any atom is 0.224 e. The second-order valence-corrected chi connectivity index (χ2v) is 4.97. The van der Waals surface area contributed by atoms with E-state index in [-0.39, 0.29) is 5.91 Å². The number of methoxy groups -OCH3 is 3. The van der Waals surface area contributed by atoms with Crippen LogP contribution in [0.2, 0.25) is 0 Å². The second kappa shape index (κ2) is 8.08. The summed E-state index contributed by atoms with van der Waals surface area (Å²) >= 11 is 0. The number of hydrogen-bond acceptors (Lipinski definition) is 4. The van der Waals surface area contributed by atoms with Gasteiger partial charge in [0.05, 0.1) is 27.0 Å². The highest BCUT2D eigenvalue weighted by molar-refractivity contribution is 5.92. The third-order valence-corrected chi connectivity index (χ3v) is 3.46. The van der Waals surface area contributed by atoms with Gasteiger partial charge in [-0.1, -0.05) is 12.1 Å². The molecule has 23 heavy (non-hydrogen) atoms. The Labute approximate surface area is 136 Å². The first-order valence-electron chi connectivity index (χ1n) is 7.31. The molecule has 0 atom stereocenters. The monoisotopic (exact) mass is 315 g/mol. The van der Waals surface area contributed by atoms with Gasteiger partial charge in [-0.25, -0.2) is 0 Å². The van der Waals surface area contributed by atoms with Gasteiger partial charge >= 0.3 is 0 Å². The summed E-state index contributed by atoms with van der Waals surface area (Å²) < 4.78 is 15.6. The molecule has 0 radical (unpaired) electrons. The number of ether oxygens (including phenoxy) is 3. The number of carbonyl (C=O) groups excluding carboxylic acids is 1. The third kappa shape index (κ3) is 4.64. The molecule has 0 fully saturated rings. The van der Waals surface area contributed by atoms with E-state index in [2.05, 4.69) is 5.32 Å². The molecule has 0 aliphatic heterocycles. The van der Waals surface area contributed by atoms with Crippen LogP contribution < -0.4 is 19.5 Å². The molecule has 2 aromatic rings. The molecule has 122 valence electrons. The van der Waals surface area contributed by atoms with Gasteiger partial charge in [-0.05, 0) is 36.2 Å². The smallest absolute Gasteiger partial charge is 0.224 e. The standard InChI is InChI=1S/C18H21NO4/c1-21-14-6-4-5-13(11-14)7-10-18(20)19-16-12-15(22-2)8-9-17(16)23-3/h4-6,8-9,11-12H,7,10H2,1-3H3,(H,19,20). The Morgan fingerprint density at radius 3 is 2.39 bits per heavy atom. The van der Waals surface area contributed by atoms with Crippen LogP contribution >= 0.6 is 0 Å². The van der Waals surface area contributed by atoms with E-state index in [1.165, 1.54) is 0 Å². The summed E-state index contributed by atoms with van der Waals surface area (Å²) in [7, 11) is 4.77. The molecule has 0 aromatic heterocycles. The maximum absolute atomic E-state index is 12.2. The van der Waals surface area contributed by atoms with Crippen LogP contribution in [0.5, 0.6) is 17.2 Å². The lowest BCUT2D eigenvalue weighted by atomic mass is 10.1. The van der Waals surface area contributed by atoms with E-state index in [9.17, 15) is 4.79 Å². The molecule has 2 rings (SSSR count). The molecule has 0 unspecified atom stereocenters. The number of nitrogens with one attached hydrogen (secondary N) is 1. The van der Waals surface area contributed by atoms with Crippen LogP contribution in [0.4, 0.5) is 5.69 Å². The number of hydrogen-bond donors (Lipinski definition) is 1. The van der Waals surface area contributed by atoms with Crippen LogP contribution in [0, 0.1) is 0 Å². The lowest BCUT2D eigenvalue weighted by Crippen LogP contribution is -2.13. The van der Waals surface area contributed by atoms with E-state index in [0.29, 0.717) is 30.0 Å². The quantitative estimate of drug-likeness (QED) is 0.852. The molecule has 0 saturated carbocycles. The fourth-order valence-corrected chi connectivity index (χ4v) is 2.21. The van der Waals surface area contributed by atoms with E-state index in [1.807, 2.05) is 24.3 Å². The van der Waals surface area contributed by atoms with Crippen molar-refractivity contribution in [2.24, 2.45) is 0 Å². The highest BCUT2D eigenvalue weighted by Gasteiger charge is 2.09. The zero-order valence-electron chi connectivity index (χ0n) is 13.6. The van der Waals surface area contributed by atoms with Crippen molar-refractivity contribution in [2.75, 3.05) is 26.6 Å². The Bertz CT molecular complexity index is 670. The van der Waals surface area contributed by atoms with Gasteiger partial charge in [-0.15, -0.1) is 0 Å². The molecule has 1 N–H and O–H groups in total. The number of amides is 1. The SMILES string of the molecule is COc1cccc(CCC(=O)Nc2cc(OC)ccc2OC)c1. The van der Waals surface area contributed by atoms with Crippen LogP contribution in [-0.2, 0) is 11.2 Å². The number of rotatable bonds is 7. The number of anilines is 1. The Morgan fingerprint density at radius 1 is 0.957 bits per heavy atom. The van der Waals surface area contributed by atoms with Crippen LogP contribution in [0.3, 0.4) is 0 Å². The van der Waals surface area contributed by atoms with Crippen molar-refractivity contribution in [1.29, 1.82) is 0 Å². The number of carbonyl (C=O) groups is 1. The molecular formula is C18H21NO4. The minimum Gasteiger partial charge on any atom is -0.497 e. The summed E-state index contributed by atoms with van der Waals surface area (Å²) in [5, 5.41) is 2.86. The van der Waals surface area contributed by atoms with E-state index >= 15 is 0 Å². The first-order chi connectivity index (χ1) is 11.2. The van der Waals surface area contributed by atoms with Gasteiger partial charge in [0.15, 0.2) is 0 Å². The Morgan fingerprint density at radius 2 is 1.70 bits per heavy atom. The summed E-state index contributed by atoms with van der Waals surface area (Å²) in [6.07, 6.45) is 1.00. The normalized spacial score (nSPS) is 10.0. The fourth-order valence-electron chi connectivity index (χ4n) is 2.21. The van der Waals surface area contributed by atoms with Crippen molar-refractivity contribution < 1.29 is 19.0 Å². The van der Waals surface area contributed by atoms with Crippen molar-refractivity contribution in [3.8, 4) is 17.2 Å². The van der Waals surface area contributed by atoms with Crippen LogP contribution in [0.1, 0.15) is 12.0 Å². The van der Waals surface area contributed by atoms with Gasteiger partial charge in [-0.2, -0.15) is 0 Å². The van der Waals surface area contributed by atoms with Crippen LogP contribution in [0.15, 0.2) is 42.5 Å². The minimum absolute atomic E-state index is 0.0839. The Kier molecular flexibility index (Phi) is 5.86. The van der Waals surface area contributed by atoms with E-state index in [1.54, 1.807) is 39.5 Å². The number of benzene rings is 2. The first-order valence-corrected chi connectivity index (χ1v) is 7.31. The second-order valence-electron chi connectivity index (χ2n) is 4.97. The predicted molar refractivity (Wildman–Crippen MR) is 89.5 cm³/mol. The fraction of sp³-hybridized carbons (Fsp3) is 0.278. The molecule has 0 heterocycles. The minimum atomic E-state index is -0.0839. The van der Waals surface area contributed by atoms with Crippen LogP contribution in [0.25, 0.3) is 0 Å². The van der Waals surface area contributed by atoms with E-state index in [0.717, 1.165) is 11.3 Å². The lowest BCUT2D eigenvalue weighted by Gasteiger charge is -2.12. The molecule has 0 aliphatic carbocycles. The van der Waals surface area contributed by atoms with Crippen LogP contribution in [-0.4, -0.2) is 27.2 Å². The van der Waals surface area contributed by atoms with Gasteiger partial charge in [-0.3, -0.25) is 4.79 Å². The predicted octanol–water partition coefficient (Wildman–Crippen LogP) is 3.28. The molecule has 5 heteroatoms. The summed E-state index contributed by atoms with van der Waals surface area (Å²) in [6.45, 7) is 0. The van der Waals surface area contributed by atoms with Gasteiger partial charge in [0.2, 0.25) is 5.91 Å². The van der Waals surface area contributed by atoms with Crippen molar-refractivity contribution in [3.63, 3.8) is 0 Å². The average molecular weight is 315 g/mol. The van der Waals surface area contributed by atoms with Crippen molar-refractivity contribution in [1.82, 2.24) is 0 Å². The lowest BCUT2D eigenvalue weighted by molar-refractivity contribution is -0.116. The molecule has 0 saturated heterocycles. The van der Waals surface area contributed by atoms with Crippen molar-refractivity contribution in [2.45, 2.75) is 12.8 Å². The summed E-state index contributed by atoms with van der Waals surface area (Å²) in [6, 6.07) is 13.0. The largest absolute Gasteiger partial charge is 0.497 e. The maximum atomic E-state index is 12.2. The third-order valence-electron chi connectivity index (χ3n) is 3.46. The van der Waals surface area contributed by atoms with Gasteiger partial charge in [0.1, 0.15) is 17.2 Å². The average Bonchev–Trinajstić information content (AvgIpc) is 2.60. The van der Waals surface area contributed by atoms with Gasteiger partial charge in [0, 0.05) is 12.5 Å². The van der Waals surface area contributed by atoms with Crippen molar-refractivity contribution in [3.05, 3.63) is 48.0 Å². The van der Waals surface area contributed by atoms with Gasteiger partial charge in [0.25, 0.3) is 0 Å². The molecule has 0 bridgehead atoms.